The van der Waals surface area contributed by atoms with E-state index in [1.54, 1.807) is 10.8 Å². The van der Waals surface area contributed by atoms with E-state index in [0.29, 0.717) is 37.9 Å². The van der Waals surface area contributed by atoms with E-state index in [9.17, 15) is 4.79 Å². The second-order valence-electron chi connectivity index (χ2n) is 7.26. The molecule has 1 heterocycles. The largest absolute Gasteiger partial charge is 0.416 e. The van der Waals surface area contributed by atoms with Crippen molar-refractivity contribution in [1.82, 2.24) is 9.55 Å². The highest BCUT2D eigenvalue weighted by Gasteiger charge is 2.36. The number of imidazole rings is 1. The van der Waals surface area contributed by atoms with Crippen LogP contribution in [0.25, 0.3) is 0 Å². The smallest absolute Gasteiger partial charge is 0.195 e. The number of nitrogens with zero attached hydrogens (tertiary/aromatic N) is 2. The minimum absolute atomic E-state index is 0.0935. The lowest BCUT2D eigenvalue weighted by Gasteiger charge is -2.35. The minimum Gasteiger partial charge on any atom is -0.416 e. The first kappa shape index (κ1) is 20.6. The normalized spacial score (nSPS) is 12.0. The standard InChI is InChI=1S/C18H30N2O3Si/c1-8-22-14-20-13-16(19-17(20)15(2)21)11-9-10-12-23-24(6,7)18(3,4)5/h13H,8,10,12,14H2,1-7H3. The van der Waals surface area contributed by atoms with Crippen LogP contribution in [-0.4, -0.2) is 36.9 Å². The number of hydrogen-bond donors (Lipinski definition) is 0. The van der Waals surface area contributed by atoms with Crippen molar-refractivity contribution in [1.29, 1.82) is 0 Å². The number of Topliss-reactive ketones (excluding diaryl/α,β-unsaturated/α-hetero) is 1. The fraction of sp³-hybridized carbons (Fsp3) is 0.667. The maximum atomic E-state index is 11.6. The lowest BCUT2D eigenvalue weighted by Crippen LogP contribution is -2.40. The van der Waals surface area contributed by atoms with E-state index in [4.69, 9.17) is 9.16 Å². The van der Waals surface area contributed by atoms with Crippen LogP contribution in [0, 0.1) is 11.8 Å². The third-order valence-corrected chi connectivity index (χ3v) is 8.78. The highest BCUT2D eigenvalue weighted by Crippen LogP contribution is 2.36. The summed E-state index contributed by atoms with van der Waals surface area (Å²) in [5.41, 5.74) is 0.590. The van der Waals surface area contributed by atoms with Gasteiger partial charge in [-0.3, -0.25) is 4.79 Å². The van der Waals surface area contributed by atoms with Crippen LogP contribution in [0.1, 0.15) is 57.4 Å². The third-order valence-electron chi connectivity index (χ3n) is 4.24. The van der Waals surface area contributed by atoms with Gasteiger partial charge >= 0.3 is 0 Å². The quantitative estimate of drug-likeness (QED) is 0.324. The van der Waals surface area contributed by atoms with Gasteiger partial charge in [-0.15, -0.1) is 0 Å². The molecule has 0 radical (unpaired) electrons. The Morgan fingerprint density at radius 2 is 2.04 bits per heavy atom. The first-order valence-corrected chi connectivity index (χ1v) is 11.3. The Morgan fingerprint density at radius 3 is 2.58 bits per heavy atom. The summed E-state index contributed by atoms with van der Waals surface area (Å²) in [6, 6.07) is 0. The summed E-state index contributed by atoms with van der Waals surface area (Å²) in [5, 5.41) is 0.203. The topological polar surface area (TPSA) is 53.4 Å². The maximum Gasteiger partial charge on any atom is 0.195 e. The van der Waals surface area contributed by atoms with Gasteiger partial charge in [-0.05, 0) is 31.0 Å². The molecule has 24 heavy (non-hydrogen) atoms. The summed E-state index contributed by atoms with van der Waals surface area (Å²) in [6.07, 6.45) is 2.41. The molecule has 0 atom stereocenters. The Balaban J connectivity index is 2.65. The zero-order chi connectivity index (χ0) is 18.4. The molecule has 0 amide bonds. The third kappa shape index (κ3) is 5.89. The van der Waals surface area contributed by atoms with Crippen LogP contribution in [0.5, 0.6) is 0 Å². The van der Waals surface area contributed by atoms with Crippen molar-refractivity contribution in [2.75, 3.05) is 13.2 Å². The van der Waals surface area contributed by atoms with E-state index in [1.165, 1.54) is 6.92 Å². The van der Waals surface area contributed by atoms with E-state index in [0.717, 1.165) is 0 Å². The van der Waals surface area contributed by atoms with Gasteiger partial charge in [0.15, 0.2) is 19.9 Å². The first-order chi connectivity index (χ1) is 11.1. The second-order valence-corrected chi connectivity index (χ2v) is 12.1. The number of rotatable bonds is 7. The fourth-order valence-corrected chi connectivity index (χ4v) is 2.82. The number of carbonyl (C=O) groups excluding carboxylic acids is 1. The summed E-state index contributed by atoms with van der Waals surface area (Å²) in [7, 11) is -1.72. The first-order valence-electron chi connectivity index (χ1n) is 8.37. The number of carbonyl (C=O) groups is 1. The van der Waals surface area contributed by atoms with Gasteiger partial charge in [0.1, 0.15) is 12.4 Å². The van der Waals surface area contributed by atoms with Gasteiger partial charge in [0.2, 0.25) is 0 Å². The average Bonchev–Trinajstić information content (AvgIpc) is 2.86. The van der Waals surface area contributed by atoms with Crippen LogP contribution >= 0.6 is 0 Å². The van der Waals surface area contributed by atoms with Crippen molar-refractivity contribution in [3.8, 4) is 11.8 Å². The molecule has 1 aromatic heterocycles. The Bertz CT molecular complexity index is 618. The van der Waals surface area contributed by atoms with Gasteiger partial charge < -0.3 is 13.7 Å². The van der Waals surface area contributed by atoms with Crippen LogP contribution in [0.15, 0.2) is 6.20 Å². The Morgan fingerprint density at radius 1 is 1.38 bits per heavy atom. The van der Waals surface area contributed by atoms with Crippen LogP contribution in [0.4, 0.5) is 0 Å². The summed E-state index contributed by atoms with van der Waals surface area (Å²) >= 11 is 0. The van der Waals surface area contributed by atoms with Gasteiger partial charge in [0.25, 0.3) is 0 Å². The Kier molecular flexibility index (Phi) is 7.40. The minimum atomic E-state index is -1.72. The molecule has 134 valence electrons. The molecule has 0 aliphatic carbocycles. The molecule has 0 saturated heterocycles. The Labute approximate surface area is 146 Å². The lowest BCUT2D eigenvalue weighted by molar-refractivity contribution is 0.0810. The molecule has 6 heteroatoms. The summed E-state index contributed by atoms with van der Waals surface area (Å²) < 4.78 is 13.1. The van der Waals surface area contributed by atoms with Crippen LogP contribution in [0.3, 0.4) is 0 Å². The molecule has 1 rings (SSSR count). The molecular formula is C18H30N2O3Si. The van der Waals surface area contributed by atoms with Crippen molar-refractivity contribution in [3.05, 3.63) is 17.7 Å². The van der Waals surface area contributed by atoms with Crippen molar-refractivity contribution in [2.45, 2.75) is 65.9 Å². The van der Waals surface area contributed by atoms with Gasteiger partial charge in [-0.25, -0.2) is 4.98 Å². The fourth-order valence-electron chi connectivity index (χ4n) is 1.77. The number of ether oxygens (including phenoxy) is 1. The molecule has 0 saturated carbocycles. The highest BCUT2D eigenvalue weighted by atomic mass is 28.4. The number of aromatic nitrogens is 2. The van der Waals surface area contributed by atoms with E-state index < -0.39 is 8.32 Å². The molecule has 0 aliphatic rings. The van der Waals surface area contributed by atoms with E-state index in [1.807, 2.05) is 6.92 Å². The molecule has 0 bridgehead atoms. The molecule has 0 unspecified atom stereocenters. The Hall–Kier alpha value is -1.42. The van der Waals surface area contributed by atoms with Crippen LogP contribution in [0.2, 0.25) is 18.1 Å². The zero-order valence-corrected chi connectivity index (χ0v) is 17.0. The van der Waals surface area contributed by atoms with Gasteiger partial charge in [-0.2, -0.15) is 0 Å². The molecule has 0 aliphatic heterocycles. The maximum absolute atomic E-state index is 11.6. The van der Waals surface area contributed by atoms with Gasteiger partial charge in [0.05, 0.1) is 0 Å². The van der Waals surface area contributed by atoms with Crippen LogP contribution in [-0.2, 0) is 15.9 Å². The summed E-state index contributed by atoms with van der Waals surface area (Å²) in [6.45, 7) is 16.1. The van der Waals surface area contributed by atoms with Gasteiger partial charge in [-0.1, -0.05) is 26.7 Å². The zero-order valence-electron chi connectivity index (χ0n) is 16.0. The molecule has 0 fully saturated rings. The second kappa shape index (κ2) is 8.61. The van der Waals surface area contributed by atoms with Gasteiger partial charge in [0, 0.05) is 32.8 Å². The summed E-state index contributed by atoms with van der Waals surface area (Å²) in [4.78, 5) is 15.9. The number of hydrogen-bond acceptors (Lipinski definition) is 4. The monoisotopic (exact) mass is 350 g/mol. The van der Waals surface area contributed by atoms with Crippen molar-refractivity contribution < 1.29 is 14.0 Å². The molecule has 5 nitrogen and oxygen atoms in total. The molecule has 0 N–H and O–H groups in total. The predicted octanol–water partition coefficient (Wildman–Crippen LogP) is 3.84. The van der Waals surface area contributed by atoms with Crippen molar-refractivity contribution >= 4 is 14.1 Å². The van der Waals surface area contributed by atoms with E-state index >= 15 is 0 Å². The molecule has 1 aromatic rings. The average molecular weight is 351 g/mol. The molecule has 0 aromatic carbocycles. The molecule has 0 spiro atoms. The van der Waals surface area contributed by atoms with Crippen molar-refractivity contribution in [2.24, 2.45) is 0 Å². The highest BCUT2D eigenvalue weighted by molar-refractivity contribution is 6.74. The predicted molar refractivity (Wildman–Crippen MR) is 98.5 cm³/mol. The molecular weight excluding hydrogens is 320 g/mol. The SMILES string of the molecule is CCOCn1cc(C#CCCO[Si](C)(C)C(C)(C)C)nc1C(C)=O. The van der Waals surface area contributed by atoms with Crippen LogP contribution < -0.4 is 0 Å². The number of ketones is 1. The lowest BCUT2D eigenvalue weighted by atomic mass is 10.2. The van der Waals surface area contributed by atoms with E-state index in [2.05, 4.69) is 50.7 Å². The summed E-state index contributed by atoms with van der Waals surface area (Å²) in [5.74, 6) is 6.37. The van der Waals surface area contributed by atoms with E-state index in [-0.39, 0.29) is 10.8 Å². The van der Waals surface area contributed by atoms with Crippen molar-refractivity contribution in [3.63, 3.8) is 0 Å².